The Morgan fingerprint density at radius 3 is 2.43 bits per heavy atom. The van der Waals surface area contributed by atoms with Crippen molar-refractivity contribution in [3.63, 3.8) is 0 Å². The number of nitrogens with one attached hydrogen (secondary N) is 1. The Labute approximate surface area is 125 Å². The highest BCUT2D eigenvalue weighted by atomic mass is 16.2. The van der Waals surface area contributed by atoms with Crippen LogP contribution >= 0.6 is 0 Å². The lowest BCUT2D eigenvalue weighted by molar-refractivity contribution is -0.115. The monoisotopic (exact) mass is 283 g/mol. The SMILES string of the molecule is CCN(CC(=O)Nc1ccccc1C)c1ccc(N)cc1. The molecule has 4 heteroatoms. The number of amides is 1. The summed E-state index contributed by atoms with van der Waals surface area (Å²) >= 11 is 0. The van der Waals surface area contributed by atoms with Crippen LogP contribution in [0.1, 0.15) is 12.5 Å². The Balaban J connectivity index is 2.03. The van der Waals surface area contributed by atoms with Crippen LogP contribution in [0.4, 0.5) is 17.1 Å². The third-order valence-corrected chi connectivity index (χ3v) is 3.39. The maximum absolute atomic E-state index is 12.2. The van der Waals surface area contributed by atoms with Crippen LogP contribution in [0, 0.1) is 6.92 Å². The molecule has 4 nitrogen and oxygen atoms in total. The van der Waals surface area contributed by atoms with Crippen molar-refractivity contribution in [3.05, 3.63) is 54.1 Å². The second kappa shape index (κ2) is 6.79. The van der Waals surface area contributed by atoms with Crippen LogP contribution < -0.4 is 16.0 Å². The second-order valence-electron chi connectivity index (χ2n) is 4.97. The molecular formula is C17H21N3O. The van der Waals surface area contributed by atoms with E-state index < -0.39 is 0 Å². The van der Waals surface area contributed by atoms with Crippen LogP contribution in [-0.2, 0) is 4.79 Å². The summed E-state index contributed by atoms with van der Waals surface area (Å²) in [4.78, 5) is 14.2. The van der Waals surface area contributed by atoms with Gasteiger partial charge in [0, 0.05) is 23.6 Å². The van der Waals surface area contributed by atoms with E-state index in [1.165, 1.54) is 0 Å². The van der Waals surface area contributed by atoms with Gasteiger partial charge in [-0.3, -0.25) is 4.79 Å². The molecular weight excluding hydrogens is 262 g/mol. The minimum atomic E-state index is -0.0250. The van der Waals surface area contributed by atoms with Gasteiger partial charge in [0.25, 0.3) is 0 Å². The van der Waals surface area contributed by atoms with E-state index in [2.05, 4.69) is 5.32 Å². The first-order chi connectivity index (χ1) is 10.1. The molecule has 0 aromatic heterocycles. The lowest BCUT2D eigenvalue weighted by Crippen LogP contribution is -2.33. The number of anilines is 3. The molecule has 0 fully saturated rings. The number of rotatable bonds is 5. The number of hydrogen-bond acceptors (Lipinski definition) is 3. The van der Waals surface area contributed by atoms with Gasteiger partial charge in [-0.1, -0.05) is 18.2 Å². The fourth-order valence-corrected chi connectivity index (χ4v) is 2.15. The molecule has 0 aliphatic rings. The predicted octanol–water partition coefficient (Wildman–Crippen LogP) is 3.04. The van der Waals surface area contributed by atoms with Crippen molar-refractivity contribution in [1.29, 1.82) is 0 Å². The zero-order valence-electron chi connectivity index (χ0n) is 12.5. The van der Waals surface area contributed by atoms with Crippen molar-refractivity contribution in [2.24, 2.45) is 0 Å². The summed E-state index contributed by atoms with van der Waals surface area (Å²) in [5.74, 6) is -0.0250. The number of para-hydroxylation sites is 1. The second-order valence-corrected chi connectivity index (χ2v) is 4.97. The molecule has 0 radical (unpaired) electrons. The summed E-state index contributed by atoms with van der Waals surface area (Å²) in [5.41, 5.74) is 9.32. The summed E-state index contributed by atoms with van der Waals surface area (Å²) in [6.45, 7) is 5.07. The van der Waals surface area contributed by atoms with Crippen molar-refractivity contribution >= 4 is 23.0 Å². The molecule has 0 bridgehead atoms. The van der Waals surface area contributed by atoms with Gasteiger partial charge in [-0.25, -0.2) is 0 Å². The van der Waals surface area contributed by atoms with E-state index in [1.54, 1.807) is 0 Å². The van der Waals surface area contributed by atoms with Gasteiger partial charge in [0.05, 0.1) is 6.54 Å². The third-order valence-electron chi connectivity index (χ3n) is 3.39. The molecule has 0 saturated carbocycles. The van der Waals surface area contributed by atoms with Crippen molar-refractivity contribution < 1.29 is 4.79 Å². The first-order valence-electron chi connectivity index (χ1n) is 7.06. The van der Waals surface area contributed by atoms with Crippen LogP contribution in [0.15, 0.2) is 48.5 Å². The molecule has 0 aliphatic carbocycles. The van der Waals surface area contributed by atoms with Gasteiger partial charge in [-0.05, 0) is 49.7 Å². The maximum atomic E-state index is 12.2. The van der Waals surface area contributed by atoms with Gasteiger partial charge in [0.2, 0.25) is 5.91 Å². The first kappa shape index (κ1) is 14.9. The Morgan fingerprint density at radius 2 is 1.81 bits per heavy atom. The smallest absolute Gasteiger partial charge is 0.243 e. The standard InChI is InChI=1S/C17H21N3O/c1-3-20(15-10-8-14(18)9-11-15)12-17(21)19-16-7-5-4-6-13(16)2/h4-11H,3,12,18H2,1-2H3,(H,19,21). The predicted molar refractivity (Wildman–Crippen MR) is 88.6 cm³/mol. The largest absolute Gasteiger partial charge is 0.399 e. The van der Waals surface area contributed by atoms with Gasteiger partial charge in [-0.15, -0.1) is 0 Å². The summed E-state index contributed by atoms with van der Waals surface area (Å²) in [6, 6.07) is 15.3. The quantitative estimate of drug-likeness (QED) is 0.829. The van der Waals surface area contributed by atoms with Crippen LogP contribution in [-0.4, -0.2) is 19.0 Å². The average molecular weight is 283 g/mol. The normalized spacial score (nSPS) is 10.2. The highest BCUT2D eigenvalue weighted by Gasteiger charge is 2.10. The number of hydrogen-bond donors (Lipinski definition) is 2. The molecule has 21 heavy (non-hydrogen) atoms. The molecule has 0 atom stereocenters. The van der Waals surface area contributed by atoms with Gasteiger partial charge >= 0.3 is 0 Å². The summed E-state index contributed by atoms with van der Waals surface area (Å²) < 4.78 is 0. The molecule has 0 heterocycles. The number of carbonyl (C=O) groups is 1. The van der Waals surface area contributed by atoms with E-state index >= 15 is 0 Å². The zero-order valence-corrected chi connectivity index (χ0v) is 12.5. The van der Waals surface area contributed by atoms with Gasteiger partial charge in [0.15, 0.2) is 0 Å². The number of carbonyl (C=O) groups excluding carboxylic acids is 1. The minimum absolute atomic E-state index is 0.0250. The van der Waals surface area contributed by atoms with Crippen LogP contribution in [0.25, 0.3) is 0 Å². The maximum Gasteiger partial charge on any atom is 0.243 e. The van der Waals surface area contributed by atoms with E-state index in [0.717, 1.165) is 29.2 Å². The fraction of sp³-hybridized carbons (Fsp3) is 0.235. The summed E-state index contributed by atoms with van der Waals surface area (Å²) in [5, 5.41) is 2.95. The molecule has 0 unspecified atom stereocenters. The summed E-state index contributed by atoms with van der Waals surface area (Å²) in [6.07, 6.45) is 0. The number of nitrogens with zero attached hydrogens (tertiary/aromatic N) is 1. The number of nitrogen functional groups attached to an aromatic ring is 1. The van der Waals surface area contributed by atoms with E-state index in [9.17, 15) is 4.79 Å². The molecule has 110 valence electrons. The van der Waals surface area contributed by atoms with E-state index in [-0.39, 0.29) is 5.91 Å². The number of benzene rings is 2. The summed E-state index contributed by atoms with van der Waals surface area (Å²) in [7, 11) is 0. The van der Waals surface area contributed by atoms with Gasteiger partial charge < -0.3 is 16.0 Å². The van der Waals surface area contributed by atoms with Gasteiger partial charge in [0.1, 0.15) is 0 Å². The molecule has 0 spiro atoms. The topological polar surface area (TPSA) is 58.4 Å². The van der Waals surface area contributed by atoms with E-state index in [4.69, 9.17) is 5.73 Å². The van der Waals surface area contributed by atoms with Crippen LogP contribution in [0.2, 0.25) is 0 Å². The molecule has 2 aromatic rings. The van der Waals surface area contributed by atoms with E-state index in [1.807, 2.05) is 67.3 Å². The average Bonchev–Trinajstić information content (AvgIpc) is 2.48. The third kappa shape index (κ3) is 3.99. The Hall–Kier alpha value is -2.49. The highest BCUT2D eigenvalue weighted by Crippen LogP contribution is 2.17. The number of likely N-dealkylation sites (N-methyl/N-ethyl adjacent to an activating group) is 1. The molecule has 3 N–H and O–H groups in total. The van der Waals surface area contributed by atoms with Crippen molar-refractivity contribution in [2.45, 2.75) is 13.8 Å². The first-order valence-corrected chi connectivity index (χ1v) is 7.06. The van der Waals surface area contributed by atoms with Gasteiger partial charge in [-0.2, -0.15) is 0 Å². The van der Waals surface area contributed by atoms with Crippen LogP contribution in [0.3, 0.4) is 0 Å². The number of aryl methyl sites for hydroxylation is 1. The number of nitrogens with two attached hydrogens (primary N) is 1. The molecule has 2 rings (SSSR count). The Bertz CT molecular complexity index is 608. The zero-order chi connectivity index (χ0) is 15.2. The lowest BCUT2D eigenvalue weighted by Gasteiger charge is -2.22. The minimum Gasteiger partial charge on any atom is -0.399 e. The van der Waals surface area contributed by atoms with E-state index in [0.29, 0.717) is 6.54 Å². The molecule has 0 saturated heterocycles. The lowest BCUT2D eigenvalue weighted by atomic mass is 10.2. The van der Waals surface area contributed by atoms with Crippen molar-refractivity contribution in [2.75, 3.05) is 29.0 Å². The molecule has 1 amide bonds. The van der Waals surface area contributed by atoms with Crippen molar-refractivity contribution in [1.82, 2.24) is 0 Å². The van der Waals surface area contributed by atoms with Crippen LogP contribution in [0.5, 0.6) is 0 Å². The Kier molecular flexibility index (Phi) is 4.82. The molecule has 2 aromatic carbocycles. The highest BCUT2D eigenvalue weighted by molar-refractivity contribution is 5.94. The fourth-order valence-electron chi connectivity index (χ4n) is 2.15. The Morgan fingerprint density at radius 1 is 1.14 bits per heavy atom. The molecule has 0 aliphatic heterocycles. The van der Waals surface area contributed by atoms with Crippen molar-refractivity contribution in [3.8, 4) is 0 Å².